The molecular formula is C15H21N3O4S. The van der Waals surface area contributed by atoms with E-state index in [-0.39, 0.29) is 11.3 Å². The van der Waals surface area contributed by atoms with Crippen LogP contribution in [0.1, 0.15) is 5.56 Å². The van der Waals surface area contributed by atoms with Crippen molar-refractivity contribution >= 4 is 15.8 Å². The Hall–Kier alpha value is -1.82. The first-order chi connectivity index (χ1) is 10.9. The van der Waals surface area contributed by atoms with Crippen molar-refractivity contribution in [2.24, 2.45) is 0 Å². The molecule has 1 aliphatic heterocycles. The number of nitriles is 1. The summed E-state index contributed by atoms with van der Waals surface area (Å²) in [6.45, 7) is 4.84. The number of anilines is 1. The molecule has 0 unspecified atom stereocenters. The van der Waals surface area contributed by atoms with E-state index in [0.717, 1.165) is 39.0 Å². The Morgan fingerprint density at radius 3 is 2.52 bits per heavy atom. The van der Waals surface area contributed by atoms with Crippen molar-refractivity contribution in [1.82, 2.24) is 4.90 Å². The highest BCUT2D eigenvalue weighted by Gasteiger charge is 2.22. The molecule has 0 N–H and O–H groups in total. The van der Waals surface area contributed by atoms with Gasteiger partial charge >= 0.3 is 10.1 Å². The van der Waals surface area contributed by atoms with Crippen LogP contribution in [0.15, 0.2) is 18.2 Å². The van der Waals surface area contributed by atoms with Crippen LogP contribution in [0, 0.1) is 11.3 Å². The average molecular weight is 339 g/mol. The van der Waals surface area contributed by atoms with Gasteiger partial charge in [0.1, 0.15) is 11.6 Å². The highest BCUT2D eigenvalue weighted by Crippen LogP contribution is 2.30. The molecule has 0 amide bonds. The van der Waals surface area contributed by atoms with Crippen molar-refractivity contribution in [3.05, 3.63) is 23.8 Å². The van der Waals surface area contributed by atoms with Gasteiger partial charge < -0.3 is 13.8 Å². The van der Waals surface area contributed by atoms with Crippen molar-refractivity contribution in [3.63, 3.8) is 0 Å². The number of methoxy groups -OCH3 is 1. The lowest BCUT2D eigenvalue weighted by molar-refractivity contribution is 0.144. The van der Waals surface area contributed by atoms with E-state index in [2.05, 4.69) is 15.9 Å². The number of hydrogen-bond acceptors (Lipinski definition) is 7. The maximum atomic E-state index is 11.3. The number of benzene rings is 1. The molecule has 1 aromatic carbocycles. The molecular weight excluding hydrogens is 318 g/mol. The van der Waals surface area contributed by atoms with Crippen molar-refractivity contribution in [2.75, 3.05) is 57.6 Å². The predicted octanol–water partition coefficient (Wildman–Crippen LogP) is 0.665. The van der Waals surface area contributed by atoms with Crippen molar-refractivity contribution in [1.29, 1.82) is 5.26 Å². The zero-order chi connectivity index (χ0) is 16.9. The van der Waals surface area contributed by atoms with E-state index < -0.39 is 10.1 Å². The van der Waals surface area contributed by atoms with E-state index in [0.29, 0.717) is 12.3 Å². The largest absolute Gasteiger partial charge is 0.383 e. The molecule has 0 saturated carbocycles. The van der Waals surface area contributed by atoms with Gasteiger partial charge in [-0.3, -0.25) is 4.90 Å². The summed E-state index contributed by atoms with van der Waals surface area (Å²) < 4.78 is 32.7. The van der Waals surface area contributed by atoms with Crippen LogP contribution in [0.4, 0.5) is 5.69 Å². The van der Waals surface area contributed by atoms with Gasteiger partial charge in [-0.1, -0.05) is 6.07 Å². The molecule has 2 rings (SSSR count). The Balaban J connectivity index is 2.15. The van der Waals surface area contributed by atoms with Crippen LogP contribution in [-0.4, -0.2) is 66.0 Å². The molecule has 0 aromatic heterocycles. The maximum absolute atomic E-state index is 11.3. The van der Waals surface area contributed by atoms with E-state index in [1.165, 1.54) is 6.07 Å². The minimum atomic E-state index is -3.67. The highest BCUT2D eigenvalue weighted by atomic mass is 32.2. The van der Waals surface area contributed by atoms with Gasteiger partial charge in [-0.05, 0) is 12.1 Å². The van der Waals surface area contributed by atoms with Gasteiger partial charge in [0, 0.05) is 39.8 Å². The quantitative estimate of drug-likeness (QED) is 0.704. The fraction of sp³-hybridized carbons (Fsp3) is 0.533. The number of hydrogen-bond donors (Lipinski definition) is 0. The lowest BCUT2D eigenvalue weighted by Gasteiger charge is -2.36. The maximum Gasteiger partial charge on any atom is 0.306 e. The zero-order valence-corrected chi connectivity index (χ0v) is 14.2. The SMILES string of the molecule is COCCN1CCN(c2cccc(OS(C)(=O)=O)c2C#N)CC1. The van der Waals surface area contributed by atoms with Crippen LogP contribution in [0.5, 0.6) is 5.75 Å². The molecule has 0 aliphatic carbocycles. The summed E-state index contributed by atoms with van der Waals surface area (Å²) in [4.78, 5) is 4.37. The van der Waals surface area contributed by atoms with Crippen LogP contribution in [-0.2, 0) is 14.9 Å². The van der Waals surface area contributed by atoms with Crippen molar-refractivity contribution in [2.45, 2.75) is 0 Å². The van der Waals surface area contributed by atoms with Crippen molar-refractivity contribution < 1.29 is 17.3 Å². The second-order valence-electron chi connectivity index (χ2n) is 5.37. The van der Waals surface area contributed by atoms with E-state index in [1.807, 2.05) is 6.07 Å². The lowest BCUT2D eigenvalue weighted by Crippen LogP contribution is -2.47. The number of ether oxygens (including phenoxy) is 1. The second-order valence-corrected chi connectivity index (χ2v) is 6.95. The number of piperazine rings is 1. The summed E-state index contributed by atoms with van der Waals surface area (Å²) in [5.41, 5.74) is 0.961. The second kappa shape index (κ2) is 7.64. The summed E-state index contributed by atoms with van der Waals surface area (Å²) >= 11 is 0. The highest BCUT2D eigenvalue weighted by molar-refractivity contribution is 7.86. The zero-order valence-electron chi connectivity index (χ0n) is 13.4. The Morgan fingerprint density at radius 1 is 1.26 bits per heavy atom. The van der Waals surface area contributed by atoms with E-state index >= 15 is 0 Å². The lowest BCUT2D eigenvalue weighted by atomic mass is 10.1. The van der Waals surface area contributed by atoms with Crippen LogP contribution in [0.3, 0.4) is 0 Å². The van der Waals surface area contributed by atoms with Gasteiger partial charge in [0.05, 0.1) is 18.6 Å². The molecule has 0 atom stereocenters. The first kappa shape index (κ1) is 17.5. The normalized spacial score (nSPS) is 16.1. The van der Waals surface area contributed by atoms with Crippen LogP contribution in [0.25, 0.3) is 0 Å². The average Bonchev–Trinajstić information content (AvgIpc) is 2.51. The van der Waals surface area contributed by atoms with Crippen LogP contribution in [0.2, 0.25) is 0 Å². The van der Waals surface area contributed by atoms with Gasteiger partial charge in [-0.2, -0.15) is 13.7 Å². The summed E-state index contributed by atoms with van der Waals surface area (Å²) in [5.74, 6) is 0.0781. The third-order valence-corrected chi connectivity index (χ3v) is 4.16. The molecule has 0 spiro atoms. The van der Waals surface area contributed by atoms with Gasteiger partial charge in [0.15, 0.2) is 5.75 Å². The molecule has 1 fully saturated rings. The van der Waals surface area contributed by atoms with Crippen molar-refractivity contribution in [3.8, 4) is 11.8 Å². The smallest absolute Gasteiger partial charge is 0.306 e. The first-order valence-electron chi connectivity index (χ1n) is 7.33. The molecule has 126 valence electrons. The van der Waals surface area contributed by atoms with Crippen LogP contribution >= 0.6 is 0 Å². The predicted molar refractivity (Wildman–Crippen MR) is 87.2 cm³/mol. The number of nitrogens with zero attached hydrogens (tertiary/aromatic N) is 3. The van der Waals surface area contributed by atoms with Gasteiger partial charge in [-0.15, -0.1) is 0 Å². The fourth-order valence-corrected chi connectivity index (χ4v) is 3.03. The molecule has 1 saturated heterocycles. The summed E-state index contributed by atoms with van der Waals surface area (Å²) in [7, 11) is -1.98. The van der Waals surface area contributed by atoms with E-state index in [9.17, 15) is 13.7 Å². The van der Waals surface area contributed by atoms with Crippen LogP contribution < -0.4 is 9.08 Å². The molecule has 8 heteroatoms. The molecule has 1 aromatic rings. The van der Waals surface area contributed by atoms with E-state index in [1.54, 1.807) is 13.2 Å². The summed E-state index contributed by atoms with van der Waals surface area (Å²) in [5, 5.41) is 9.42. The summed E-state index contributed by atoms with van der Waals surface area (Å²) in [6.07, 6.45) is 0.968. The van der Waals surface area contributed by atoms with E-state index in [4.69, 9.17) is 8.92 Å². The topological polar surface area (TPSA) is 82.9 Å². The molecule has 1 aliphatic rings. The number of rotatable bonds is 6. The Morgan fingerprint density at radius 2 is 1.96 bits per heavy atom. The fourth-order valence-electron chi connectivity index (χ4n) is 2.56. The standard InChI is InChI=1S/C15H21N3O4S/c1-21-11-10-17-6-8-18(9-7-17)14-4-3-5-15(13(14)12-16)22-23(2,19)20/h3-5H,6-11H2,1-2H3. The third kappa shape index (κ3) is 4.82. The minimum absolute atomic E-state index is 0.0781. The Kier molecular flexibility index (Phi) is 5.82. The Bertz CT molecular complexity index is 676. The molecule has 23 heavy (non-hydrogen) atoms. The van der Waals surface area contributed by atoms with Gasteiger partial charge in [0.25, 0.3) is 0 Å². The Labute approximate surface area is 137 Å². The third-order valence-electron chi connectivity index (χ3n) is 3.68. The molecule has 0 bridgehead atoms. The molecule has 7 nitrogen and oxygen atoms in total. The monoisotopic (exact) mass is 339 g/mol. The molecule has 0 radical (unpaired) electrons. The summed E-state index contributed by atoms with van der Waals surface area (Å²) in [6, 6.07) is 7.08. The minimum Gasteiger partial charge on any atom is -0.383 e. The van der Waals surface area contributed by atoms with Gasteiger partial charge in [-0.25, -0.2) is 0 Å². The van der Waals surface area contributed by atoms with Gasteiger partial charge in [0.2, 0.25) is 0 Å². The first-order valence-corrected chi connectivity index (χ1v) is 9.15. The molecule has 1 heterocycles.